The molecule has 0 aromatic rings. The maximum absolute atomic E-state index is 12.5. The molecule has 17 unspecified atom stereocenters. The Kier molecular flexibility index (Phi) is 39.7. The van der Waals surface area contributed by atoms with Crippen molar-refractivity contribution in [1.29, 1.82) is 0 Å². The minimum Gasteiger partial charge on any atom is -0.459 e. The zero-order valence-electron chi connectivity index (χ0n) is 62.4. The first kappa shape index (κ1) is 104. The highest BCUT2D eigenvalue weighted by molar-refractivity contribution is 5.78. The number of hydrogen-bond donors (Lipinski definition) is 0. The van der Waals surface area contributed by atoms with E-state index in [0.29, 0.717) is 29.6 Å². The molecule has 17 atom stereocenters. The van der Waals surface area contributed by atoms with Gasteiger partial charge in [-0.3, -0.25) is 24.0 Å². The molecule has 0 saturated heterocycles. The molecule has 11 rings (SSSR count). The lowest BCUT2D eigenvalue weighted by Crippen LogP contribution is -2.55. The average molecular weight is 1420 g/mol. The van der Waals surface area contributed by atoms with Gasteiger partial charge >= 0.3 is 29.8 Å². The van der Waals surface area contributed by atoms with E-state index in [-0.39, 0.29) is 170 Å². The van der Waals surface area contributed by atoms with Crippen molar-refractivity contribution in [2.24, 2.45) is 103 Å². The lowest BCUT2D eigenvalue weighted by molar-refractivity contribution is -0.202. The number of esters is 5. The number of carbonyl (C=O) groups is 5. The van der Waals surface area contributed by atoms with Crippen LogP contribution in [-0.2, 0) is 47.7 Å². The summed E-state index contributed by atoms with van der Waals surface area (Å²) in [7, 11) is 0. The van der Waals surface area contributed by atoms with Gasteiger partial charge in [0.25, 0.3) is 0 Å². The van der Waals surface area contributed by atoms with E-state index < -0.39 is 0 Å². The van der Waals surface area contributed by atoms with Gasteiger partial charge in [-0.25, -0.2) is 0 Å². The van der Waals surface area contributed by atoms with Crippen LogP contribution in [0.3, 0.4) is 0 Å². The fraction of sp³-hybridized carbons (Fsp3) is 0.944. The predicted molar refractivity (Wildman–Crippen MR) is 431 cm³/mol. The Hall–Kier alpha value is -2.65. The first-order valence-electron chi connectivity index (χ1n) is 37.7. The van der Waals surface area contributed by atoms with Gasteiger partial charge in [-0.1, -0.05) is 162 Å². The Morgan fingerprint density at radius 2 is 0.750 bits per heavy atom. The topological polar surface area (TPSA) is 132 Å². The van der Waals surface area contributed by atoms with E-state index in [1.807, 2.05) is 76.2 Å². The Morgan fingerprint density at radius 3 is 1.16 bits per heavy atom. The maximum atomic E-state index is 12.5. The highest BCUT2D eigenvalue weighted by atomic mass is 16.6. The van der Waals surface area contributed by atoms with Crippen LogP contribution in [0.1, 0.15) is 420 Å². The van der Waals surface area contributed by atoms with Crippen LogP contribution in [0, 0.1) is 103 Å². The van der Waals surface area contributed by atoms with Gasteiger partial charge in [-0.05, 0) is 311 Å². The second-order valence-corrected chi connectivity index (χ2v) is 37.0. The van der Waals surface area contributed by atoms with Crippen LogP contribution in [0.25, 0.3) is 0 Å². The lowest BCUT2D eigenvalue weighted by atomic mass is 9.61. The summed E-state index contributed by atoms with van der Waals surface area (Å²) in [5, 5.41) is 0. The zero-order valence-corrected chi connectivity index (χ0v) is 62.4. The molecule has 0 aliphatic heterocycles. The number of fused-ring (bicyclic) bond motifs is 12. The Morgan fingerprint density at radius 1 is 0.340 bits per heavy atom. The molecule has 0 N–H and O–H groups in total. The van der Waals surface area contributed by atoms with Gasteiger partial charge in [-0.2, -0.15) is 0 Å². The van der Waals surface area contributed by atoms with Crippen molar-refractivity contribution in [3.8, 4) is 0 Å². The molecule has 11 fully saturated rings. The summed E-state index contributed by atoms with van der Waals surface area (Å²) in [6.45, 7) is 48.0. The maximum Gasteiger partial charge on any atom is 0.312 e. The monoisotopic (exact) mass is 1420 g/mol. The third-order valence-corrected chi connectivity index (χ3v) is 29.2. The second kappa shape index (κ2) is 38.2. The van der Waals surface area contributed by atoms with Crippen LogP contribution in [0.4, 0.5) is 0 Å². The molecule has 11 aliphatic carbocycles. The molecule has 0 heterocycles. The molecule has 10 heteroatoms. The van der Waals surface area contributed by atoms with Gasteiger partial charge in [0.15, 0.2) is 0 Å². The van der Waals surface area contributed by atoms with Gasteiger partial charge in [0, 0.05) is 22.7 Å². The third-order valence-electron chi connectivity index (χ3n) is 29.2. The van der Waals surface area contributed by atoms with Crippen LogP contribution >= 0.6 is 0 Å². The highest BCUT2D eigenvalue weighted by Gasteiger charge is 2.69. The first-order chi connectivity index (χ1) is 41.6. The molecule has 0 aromatic carbocycles. The zero-order chi connectivity index (χ0) is 67.3. The largest absolute Gasteiger partial charge is 0.459 e. The van der Waals surface area contributed by atoms with E-state index in [2.05, 4.69) is 83.1 Å². The molecule has 598 valence electrons. The van der Waals surface area contributed by atoms with Crippen LogP contribution < -0.4 is 0 Å². The third kappa shape index (κ3) is 20.7. The number of carbonyl (C=O) groups excluding carboxylic acids is 5. The fourth-order valence-electron chi connectivity index (χ4n) is 19.7. The predicted octanol–water partition coefficient (Wildman–Crippen LogP) is 27.3. The summed E-state index contributed by atoms with van der Waals surface area (Å²) >= 11 is 0. The molecule has 11 aliphatic rings. The van der Waals surface area contributed by atoms with Crippen molar-refractivity contribution in [3.05, 3.63) is 0 Å². The van der Waals surface area contributed by atoms with E-state index in [1.165, 1.54) is 122 Å². The van der Waals surface area contributed by atoms with Crippen molar-refractivity contribution < 1.29 is 47.7 Å². The summed E-state index contributed by atoms with van der Waals surface area (Å²) in [6.07, 6.45) is 34.3. The molecular weight excluding hydrogens is 1240 g/mol. The van der Waals surface area contributed by atoms with Crippen molar-refractivity contribution in [2.45, 2.75) is 448 Å². The van der Waals surface area contributed by atoms with Gasteiger partial charge < -0.3 is 23.7 Å². The summed E-state index contributed by atoms with van der Waals surface area (Å²) < 4.78 is 30.1. The smallest absolute Gasteiger partial charge is 0.312 e. The standard InChI is InChI=1S/C17H28O2.2C17H30O2.C15H26O2.C14H24O2.10CH4/c1-5-16(2,3)15(18)19-17(4)10-11-9-14(17)13-8-6-7-12(11)13;1-8-14(2,3)13(18)19-17(7)15(4,5)12-9-10-16(17,6)11-12;1-5-16(2,3)15(18)19-17(4)12-8-10-13-9-6-7-11-14(13)17;1-5-14(3,4)13(16)17-15(6-2)10-11-7-8-12(15)9-11;1-5-13(2,3)12(15)16-14(4)9-10-6-7-11(14)8-10;;;;;;;;;;/h11-14H,5-10H2,1-4H3;12H,8-11H2,1-7H3;13-14H,5-12H2,1-4H3;11-12H,5-10H2,1-4H3;10-11H,5-9H2,1-4H3;10*1H4. The van der Waals surface area contributed by atoms with Gasteiger partial charge in [0.05, 0.1) is 27.1 Å². The Bertz CT molecular complexity index is 2500. The second-order valence-electron chi connectivity index (χ2n) is 37.0. The summed E-state index contributed by atoms with van der Waals surface area (Å²) in [4.78, 5) is 61.7. The summed E-state index contributed by atoms with van der Waals surface area (Å²) in [5.74, 6) is 8.24. The van der Waals surface area contributed by atoms with E-state index in [9.17, 15) is 24.0 Å². The Labute approximate surface area is 625 Å². The van der Waals surface area contributed by atoms with Crippen molar-refractivity contribution in [2.75, 3.05) is 0 Å². The van der Waals surface area contributed by atoms with Crippen molar-refractivity contribution in [3.63, 3.8) is 0 Å². The molecule has 8 bridgehead atoms. The molecule has 0 aromatic heterocycles. The van der Waals surface area contributed by atoms with Crippen LogP contribution in [0.15, 0.2) is 0 Å². The lowest BCUT2D eigenvalue weighted by Gasteiger charge is -2.51. The van der Waals surface area contributed by atoms with Crippen LogP contribution in [-0.4, -0.2) is 57.9 Å². The number of rotatable bonds is 16. The fourth-order valence-corrected chi connectivity index (χ4v) is 19.7. The number of ether oxygens (including phenoxy) is 5. The summed E-state index contributed by atoms with van der Waals surface area (Å²) in [6, 6.07) is 0. The number of hydrogen-bond acceptors (Lipinski definition) is 10. The minimum atomic E-state index is -0.378. The average Bonchev–Trinajstić information content (AvgIpc) is 1.53. The van der Waals surface area contributed by atoms with Crippen LogP contribution in [0.5, 0.6) is 0 Å². The SMILES string of the molecule is C.C.C.C.C.C.C.C.C.C.CCC(C)(C)C(=O)OC1(C)C2(C)CCC(C2)C1(C)C.CCC(C)(C)C(=O)OC1(C)CC2CC1C1CCCC21.CCC(C)(C)C(=O)OC1(C)CC2CCC1C2.CCC(C)(C)C(=O)OC1(C)CCCC2CCCCC21.CCC(C)(C)C(=O)OC1(CC)CC2CCC1C2. The van der Waals surface area contributed by atoms with E-state index in [4.69, 9.17) is 23.7 Å². The van der Waals surface area contributed by atoms with E-state index in [0.717, 1.165) is 99.7 Å². The summed E-state index contributed by atoms with van der Waals surface area (Å²) in [5.41, 5.74) is -2.45. The first-order valence-corrected chi connectivity index (χ1v) is 37.7. The molecule has 100 heavy (non-hydrogen) atoms. The minimum absolute atomic E-state index is 0. The molecule has 0 amide bonds. The van der Waals surface area contributed by atoms with Crippen molar-refractivity contribution >= 4 is 29.8 Å². The molecule has 11 saturated carbocycles. The van der Waals surface area contributed by atoms with Gasteiger partial charge in [-0.15, -0.1) is 0 Å². The van der Waals surface area contributed by atoms with E-state index in [1.54, 1.807) is 0 Å². The quantitative estimate of drug-likeness (QED) is 0.109. The highest BCUT2D eigenvalue weighted by Crippen LogP contribution is 2.70. The van der Waals surface area contributed by atoms with Crippen LogP contribution in [0.2, 0.25) is 0 Å². The molecule has 10 nitrogen and oxygen atoms in total. The van der Waals surface area contributed by atoms with Gasteiger partial charge in [0.2, 0.25) is 0 Å². The van der Waals surface area contributed by atoms with E-state index >= 15 is 0 Å². The normalized spacial score (nSPS) is 35.1. The molecule has 0 spiro atoms. The van der Waals surface area contributed by atoms with Crippen molar-refractivity contribution in [1.82, 2.24) is 0 Å². The molecular formula is C90H178O10. The van der Waals surface area contributed by atoms with Gasteiger partial charge in [0.1, 0.15) is 28.0 Å². The Balaban J connectivity index is -0.000000563. The molecule has 0 radical (unpaired) electrons.